The van der Waals surface area contributed by atoms with E-state index in [1.165, 1.54) is 0 Å². The van der Waals surface area contributed by atoms with Gasteiger partial charge in [0.05, 0.1) is 0 Å². The average Bonchev–Trinajstić information content (AvgIpc) is 2.14. The Kier molecular flexibility index (Phi) is 7.59. The van der Waals surface area contributed by atoms with Gasteiger partial charge in [-0.1, -0.05) is 0 Å². The predicted molar refractivity (Wildman–Crippen MR) is 38.9 cm³/mol. The number of methoxy groups -OCH3 is 3. The molecule has 0 saturated heterocycles. The third kappa shape index (κ3) is 4.10. The van der Waals surface area contributed by atoms with E-state index in [9.17, 15) is 0 Å². The first-order valence-electron chi connectivity index (χ1n) is 3.68. The van der Waals surface area contributed by atoms with E-state index in [0.717, 1.165) is 38.2 Å². The summed E-state index contributed by atoms with van der Waals surface area (Å²) in [7, 11) is 4.68. The molecule has 0 aromatic carbocycles. The van der Waals surface area contributed by atoms with E-state index in [1.807, 2.05) is 0 Å². The van der Waals surface area contributed by atoms with Crippen molar-refractivity contribution < 1.29 is 42.2 Å². The number of rotatable bonds is 7. The van der Waals surface area contributed by atoms with Gasteiger partial charge in [-0.15, -0.1) is 0 Å². The summed E-state index contributed by atoms with van der Waals surface area (Å²) in [6, 6.07) is 0. The van der Waals surface area contributed by atoms with Crippen molar-refractivity contribution in [3.63, 3.8) is 0 Å². The maximum atomic E-state index is 5.09. The van der Waals surface area contributed by atoms with Crippen LogP contribution in [0.25, 0.3) is 0 Å². The second kappa shape index (κ2) is 7.16. The minimum absolute atomic E-state index is 0.671. The Morgan fingerprint density at radius 1 is 1.08 bits per heavy atom. The molecule has 0 aromatic rings. The van der Waals surface area contributed by atoms with E-state index in [4.69, 9.17) is 17.0 Å². The molecule has 0 amide bonds. The van der Waals surface area contributed by atoms with Crippen molar-refractivity contribution in [2.45, 2.75) is 18.8 Å². The van der Waals surface area contributed by atoms with Gasteiger partial charge in [-0.05, 0) is 0 Å². The first-order chi connectivity index (χ1) is 5.74. The van der Waals surface area contributed by atoms with Crippen molar-refractivity contribution in [1.82, 2.24) is 0 Å². The van der Waals surface area contributed by atoms with Gasteiger partial charge in [0.1, 0.15) is 0 Å². The Balaban J connectivity index is 3.76. The summed E-state index contributed by atoms with van der Waals surface area (Å²) in [5, 5.41) is 0. The molecule has 0 saturated carbocycles. The molecule has 0 aromatic heterocycles. The summed E-state index contributed by atoms with van der Waals surface area (Å²) in [5.41, 5.74) is 0. The Morgan fingerprint density at radius 2 is 1.58 bits per heavy atom. The predicted octanol–water partition coefficient (Wildman–Crippen LogP) is 0.838. The molecule has 0 N–H and O–H groups in total. The van der Waals surface area contributed by atoms with Crippen LogP contribution in [0.3, 0.4) is 0 Å². The van der Waals surface area contributed by atoms with E-state index < -0.39 is 5.97 Å². The van der Waals surface area contributed by atoms with Crippen LogP contribution in [0.1, 0.15) is 12.8 Å². The molecule has 0 bridgehead atoms. The van der Waals surface area contributed by atoms with Gasteiger partial charge in [0, 0.05) is 0 Å². The normalized spacial score (nSPS) is 11.8. The Morgan fingerprint density at radius 3 is 1.92 bits per heavy atom. The van der Waals surface area contributed by atoms with Crippen molar-refractivity contribution in [2.75, 3.05) is 27.9 Å². The molecule has 71 valence electrons. The zero-order chi connectivity index (χ0) is 9.45. The fourth-order valence-corrected chi connectivity index (χ4v) is 1.27. The number of ether oxygens (including phenoxy) is 3. The van der Waals surface area contributed by atoms with Crippen LogP contribution in [0.5, 0.6) is 0 Å². The SMILES string of the molecule is COC(CCC[O][Zr])(OC)OC. The molecule has 0 unspecified atom stereocenters. The summed E-state index contributed by atoms with van der Waals surface area (Å²) in [6.07, 6.45) is 1.53. The monoisotopic (exact) mass is 253 g/mol. The van der Waals surface area contributed by atoms with Gasteiger partial charge in [0.15, 0.2) is 0 Å². The molecule has 0 atom stereocenters. The molecular formula is C7H15O4Zr. The summed E-state index contributed by atoms with van der Waals surface area (Å²) < 4.78 is 20.3. The van der Waals surface area contributed by atoms with Crippen molar-refractivity contribution in [1.29, 1.82) is 0 Å². The molecule has 0 fully saturated rings. The maximum absolute atomic E-state index is 5.09. The van der Waals surface area contributed by atoms with Gasteiger partial charge in [0.25, 0.3) is 0 Å². The van der Waals surface area contributed by atoms with Gasteiger partial charge in [-0.25, -0.2) is 0 Å². The van der Waals surface area contributed by atoms with E-state index in [2.05, 4.69) is 0 Å². The van der Waals surface area contributed by atoms with Crippen LogP contribution in [0.4, 0.5) is 0 Å². The summed E-state index contributed by atoms with van der Waals surface area (Å²) in [6.45, 7) is 0.718. The second-order valence-corrected chi connectivity index (χ2v) is 2.96. The summed E-state index contributed by atoms with van der Waals surface area (Å²) >= 11 is 1.08. The molecule has 0 rings (SSSR count). The molecule has 4 nitrogen and oxygen atoms in total. The summed E-state index contributed by atoms with van der Waals surface area (Å²) in [5.74, 6) is -0.894. The van der Waals surface area contributed by atoms with E-state index >= 15 is 0 Å². The zero-order valence-electron chi connectivity index (χ0n) is 7.75. The molecule has 0 aliphatic rings. The first-order valence-corrected chi connectivity index (χ1v) is 4.69. The molecule has 0 radical (unpaired) electrons. The topological polar surface area (TPSA) is 36.9 Å². The van der Waals surface area contributed by atoms with Crippen LogP contribution < -0.4 is 0 Å². The Labute approximate surface area is 89.0 Å². The van der Waals surface area contributed by atoms with Gasteiger partial charge in [0.2, 0.25) is 0 Å². The number of hydrogen-bond acceptors (Lipinski definition) is 4. The molecular weight excluding hydrogens is 239 g/mol. The van der Waals surface area contributed by atoms with E-state index in [0.29, 0.717) is 6.42 Å². The van der Waals surface area contributed by atoms with Crippen molar-refractivity contribution in [3.05, 3.63) is 0 Å². The van der Waals surface area contributed by atoms with Gasteiger partial charge in [-0.2, -0.15) is 0 Å². The van der Waals surface area contributed by atoms with Crippen LogP contribution in [0.15, 0.2) is 0 Å². The number of hydrogen-bond donors (Lipinski definition) is 0. The average molecular weight is 254 g/mol. The van der Waals surface area contributed by atoms with Gasteiger partial charge in [-0.3, -0.25) is 0 Å². The first kappa shape index (κ1) is 12.7. The third-order valence-corrected chi connectivity index (χ3v) is 2.16. The molecule has 5 heteroatoms. The Bertz CT molecular complexity index is 97.3. The van der Waals surface area contributed by atoms with Crippen molar-refractivity contribution >= 4 is 0 Å². The van der Waals surface area contributed by atoms with Crippen LogP contribution in [0, 0.1) is 0 Å². The van der Waals surface area contributed by atoms with Crippen LogP contribution in [0.2, 0.25) is 0 Å². The third-order valence-electron chi connectivity index (χ3n) is 1.66. The zero-order valence-corrected chi connectivity index (χ0v) is 10.2. The quantitative estimate of drug-likeness (QED) is 0.498. The standard InChI is InChI=1S/C7H15O4.Zr/c1-9-7(10-2,11-3)5-4-6-8;/h4-6H2,1-3H3;/q-1;+1. The molecule has 0 aliphatic heterocycles. The van der Waals surface area contributed by atoms with Crippen molar-refractivity contribution in [3.8, 4) is 0 Å². The Hall–Kier alpha value is 0.723. The van der Waals surface area contributed by atoms with E-state index in [-0.39, 0.29) is 0 Å². The van der Waals surface area contributed by atoms with Gasteiger partial charge < -0.3 is 0 Å². The molecule has 12 heavy (non-hydrogen) atoms. The fourth-order valence-electron chi connectivity index (χ4n) is 0.917. The van der Waals surface area contributed by atoms with Crippen LogP contribution >= 0.6 is 0 Å². The van der Waals surface area contributed by atoms with E-state index in [1.54, 1.807) is 21.3 Å². The molecule has 0 aliphatic carbocycles. The van der Waals surface area contributed by atoms with Gasteiger partial charge >= 0.3 is 88.9 Å². The molecule has 0 heterocycles. The minimum atomic E-state index is -0.894. The van der Waals surface area contributed by atoms with Crippen LogP contribution in [-0.2, 0) is 42.2 Å². The van der Waals surface area contributed by atoms with Crippen LogP contribution in [-0.4, -0.2) is 33.9 Å². The fraction of sp³-hybridized carbons (Fsp3) is 1.00. The summed E-state index contributed by atoms with van der Waals surface area (Å²) in [4.78, 5) is 0. The molecule has 0 spiro atoms. The second-order valence-electron chi connectivity index (χ2n) is 2.25. The van der Waals surface area contributed by atoms with Crippen molar-refractivity contribution in [2.24, 2.45) is 0 Å².